The molecule has 0 aromatic carbocycles. The summed E-state index contributed by atoms with van der Waals surface area (Å²) >= 11 is 0. The van der Waals surface area contributed by atoms with E-state index in [1.807, 2.05) is 6.92 Å². The molecule has 0 bridgehead atoms. The Bertz CT molecular complexity index is 689. The number of nitrogens with two attached hydrogens (primary N) is 1. The van der Waals surface area contributed by atoms with Crippen LogP contribution in [0.1, 0.15) is 36.7 Å². The molecular weight excluding hydrogens is 374 g/mol. The average molecular weight is 402 g/mol. The molecule has 2 aliphatic heterocycles. The molecule has 2 atom stereocenters. The summed E-state index contributed by atoms with van der Waals surface area (Å²) in [5.41, 5.74) is 4.14. The maximum atomic E-state index is 12.5. The third kappa shape index (κ3) is 4.11. The van der Waals surface area contributed by atoms with Crippen molar-refractivity contribution in [2.24, 2.45) is 12.8 Å². The molecule has 2 amide bonds. The summed E-state index contributed by atoms with van der Waals surface area (Å²) in [5, 5.41) is 14.0. The Labute approximate surface area is 164 Å². The molecule has 3 rings (SSSR count). The van der Waals surface area contributed by atoms with Gasteiger partial charge in [0.1, 0.15) is 11.8 Å². The maximum Gasteiger partial charge on any atom is 0.271 e. The smallest absolute Gasteiger partial charge is 0.271 e. The van der Waals surface area contributed by atoms with Crippen molar-refractivity contribution < 1.29 is 19.4 Å². The zero-order valence-electron chi connectivity index (χ0n) is 15.7. The van der Waals surface area contributed by atoms with Crippen molar-refractivity contribution in [3.05, 3.63) is 18.2 Å². The van der Waals surface area contributed by atoms with Crippen LogP contribution in [0.15, 0.2) is 12.5 Å². The minimum absolute atomic E-state index is 0. The number of hydrogen-bond acceptors (Lipinski definition) is 6. The van der Waals surface area contributed by atoms with Gasteiger partial charge in [0.15, 0.2) is 0 Å². The standard InChI is InChI=1S/C17H27N5O4.ClH/c1-16(20-14(24)12-10-21(2)11-19-12)5-8-26-17(15(16)25)3-6-22(7-4-17)13(23)9-18;/h10-11,15,25H,3-9,18H2,1-2H3,(H,20,24);1H/t15-,16+;/m0./s1. The fourth-order valence-corrected chi connectivity index (χ4v) is 3.93. The molecule has 2 aliphatic rings. The van der Waals surface area contributed by atoms with Crippen molar-refractivity contribution in [2.75, 3.05) is 26.2 Å². The molecule has 0 saturated carbocycles. The number of nitrogens with one attached hydrogen (secondary N) is 1. The second-order valence-corrected chi connectivity index (χ2v) is 7.45. The highest BCUT2D eigenvalue weighted by molar-refractivity contribution is 5.92. The van der Waals surface area contributed by atoms with Crippen molar-refractivity contribution in [3.8, 4) is 0 Å². The first-order valence-corrected chi connectivity index (χ1v) is 8.90. The molecule has 3 heterocycles. The molecule has 10 heteroatoms. The Morgan fingerprint density at radius 2 is 2.07 bits per heavy atom. The quantitative estimate of drug-likeness (QED) is 0.623. The van der Waals surface area contributed by atoms with Crippen LogP contribution >= 0.6 is 12.4 Å². The summed E-state index contributed by atoms with van der Waals surface area (Å²) in [6.45, 7) is 3.21. The average Bonchev–Trinajstić information content (AvgIpc) is 3.06. The molecule has 0 unspecified atom stereocenters. The van der Waals surface area contributed by atoms with Crippen LogP contribution in [0.3, 0.4) is 0 Å². The Morgan fingerprint density at radius 1 is 1.41 bits per heavy atom. The number of ether oxygens (including phenoxy) is 1. The van der Waals surface area contributed by atoms with Crippen molar-refractivity contribution in [1.29, 1.82) is 0 Å². The molecule has 0 radical (unpaired) electrons. The fraction of sp³-hybridized carbons (Fsp3) is 0.706. The first kappa shape index (κ1) is 21.6. The number of carbonyl (C=O) groups excluding carboxylic acids is 2. The Morgan fingerprint density at radius 3 is 2.63 bits per heavy atom. The highest BCUT2D eigenvalue weighted by Crippen LogP contribution is 2.40. The van der Waals surface area contributed by atoms with Gasteiger partial charge in [-0.3, -0.25) is 9.59 Å². The molecule has 27 heavy (non-hydrogen) atoms. The van der Waals surface area contributed by atoms with Gasteiger partial charge in [-0.1, -0.05) is 0 Å². The normalized spacial score (nSPS) is 27.1. The van der Waals surface area contributed by atoms with E-state index in [2.05, 4.69) is 10.3 Å². The number of aliphatic hydroxyl groups excluding tert-OH is 1. The summed E-state index contributed by atoms with van der Waals surface area (Å²) in [6, 6.07) is 0. The molecule has 4 N–H and O–H groups in total. The number of amides is 2. The van der Waals surface area contributed by atoms with Gasteiger partial charge in [-0.05, 0) is 26.2 Å². The Hall–Kier alpha value is -1.68. The zero-order chi connectivity index (χ0) is 18.9. The summed E-state index contributed by atoms with van der Waals surface area (Å²) in [7, 11) is 1.79. The van der Waals surface area contributed by atoms with Crippen LogP contribution in [-0.2, 0) is 16.6 Å². The van der Waals surface area contributed by atoms with E-state index in [1.165, 1.54) is 0 Å². The molecule has 152 valence electrons. The Kier molecular flexibility index (Phi) is 6.51. The van der Waals surface area contributed by atoms with Crippen LogP contribution < -0.4 is 11.1 Å². The number of nitrogens with zero attached hydrogens (tertiary/aromatic N) is 3. The summed E-state index contributed by atoms with van der Waals surface area (Å²) in [4.78, 5) is 30.1. The minimum atomic E-state index is -0.883. The van der Waals surface area contributed by atoms with Crippen LogP contribution in [0.2, 0.25) is 0 Å². The van der Waals surface area contributed by atoms with Gasteiger partial charge in [0.25, 0.3) is 5.91 Å². The zero-order valence-corrected chi connectivity index (χ0v) is 16.5. The summed E-state index contributed by atoms with van der Waals surface area (Å²) in [6.07, 6.45) is 3.83. The van der Waals surface area contributed by atoms with E-state index in [9.17, 15) is 14.7 Å². The van der Waals surface area contributed by atoms with Gasteiger partial charge in [0.2, 0.25) is 5.91 Å². The number of aromatic nitrogens is 2. The van der Waals surface area contributed by atoms with Crippen LogP contribution in [0.4, 0.5) is 0 Å². The summed E-state index contributed by atoms with van der Waals surface area (Å²) < 4.78 is 7.67. The van der Waals surface area contributed by atoms with Crippen LogP contribution in [0.5, 0.6) is 0 Å². The molecular formula is C17H28ClN5O4. The lowest BCUT2D eigenvalue weighted by Gasteiger charge is -2.53. The third-order valence-corrected chi connectivity index (χ3v) is 5.59. The number of hydrogen-bond donors (Lipinski definition) is 3. The highest BCUT2D eigenvalue weighted by Gasteiger charge is 2.54. The largest absolute Gasteiger partial charge is 0.388 e. The SMILES string of the molecule is Cl.Cn1cnc(C(=O)N[C@]2(C)CCOC3(CCN(C(=O)CN)CC3)[C@H]2O)c1. The second-order valence-electron chi connectivity index (χ2n) is 7.45. The van der Waals surface area contributed by atoms with Gasteiger partial charge in [-0.15, -0.1) is 12.4 Å². The van der Waals surface area contributed by atoms with Gasteiger partial charge >= 0.3 is 0 Å². The lowest BCUT2D eigenvalue weighted by Crippen LogP contribution is -2.69. The van der Waals surface area contributed by atoms with E-state index >= 15 is 0 Å². The number of carbonyl (C=O) groups is 2. The van der Waals surface area contributed by atoms with Gasteiger partial charge in [-0.2, -0.15) is 0 Å². The predicted molar refractivity (Wildman–Crippen MR) is 101 cm³/mol. The number of imidazole rings is 1. The molecule has 1 aromatic rings. The molecule has 2 saturated heterocycles. The monoisotopic (exact) mass is 401 g/mol. The first-order valence-electron chi connectivity index (χ1n) is 8.90. The summed E-state index contributed by atoms with van der Waals surface area (Å²) in [5.74, 6) is -0.420. The molecule has 9 nitrogen and oxygen atoms in total. The van der Waals surface area contributed by atoms with E-state index in [-0.39, 0.29) is 30.8 Å². The number of halogens is 1. The lowest BCUT2D eigenvalue weighted by atomic mass is 9.73. The van der Waals surface area contributed by atoms with E-state index in [4.69, 9.17) is 10.5 Å². The van der Waals surface area contributed by atoms with E-state index in [0.29, 0.717) is 44.7 Å². The number of likely N-dealkylation sites (tertiary alicyclic amines) is 1. The first-order chi connectivity index (χ1) is 12.3. The minimum Gasteiger partial charge on any atom is -0.388 e. The predicted octanol–water partition coefficient (Wildman–Crippen LogP) is -0.568. The lowest BCUT2D eigenvalue weighted by molar-refractivity contribution is -0.205. The molecule has 1 aromatic heterocycles. The maximum absolute atomic E-state index is 12.5. The van der Waals surface area contributed by atoms with Gasteiger partial charge in [0.05, 0.1) is 24.0 Å². The van der Waals surface area contributed by atoms with Crippen LogP contribution in [0.25, 0.3) is 0 Å². The fourth-order valence-electron chi connectivity index (χ4n) is 3.93. The number of aryl methyl sites for hydroxylation is 1. The number of piperidine rings is 1. The van der Waals surface area contributed by atoms with E-state index in [0.717, 1.165) is 0 Å². The third-order valence-electron chi connectivity index (χ3n) is 5.59. The molecule has 0 aliphatic carbocycles. The second kappa shape index (κ2) is 8.14. The highest BCUT2D eigenvalue weighted by atomic mass is 35.5. The molecule has 2 fully saturated rings. The Balaban J connectivity index is 0.00000261. The van der Waals surface area contributed by atoms with Gasteiger partial charge in [0, 0.05) is 32.9 Å². The van der Waals surface area contributed by atoms with Gasteiger partial charge < -0.3 is 30.4 Å². The van der Waals surface area contributed by atoms with Crippen molar-refractivity contribution in [1.82, 2.24) is 19.8 Å². The topological polar surface area (TPSA) is 123 Å². The van der Waals surface area contributed by atoms with Crippen molar-refractivity contribution >= 4 is 24.2 Å². The van der Waals surface area contributed by atoms with E-state index in [1.54, 1.807) is 29.0 Å². The van der Waals surface area contributed by atoms with E-state index < -0.39 is 17.2 Å². The van der Waals surface area contributed by atoms with Crippen molar-refractivity contribution in [2.45, 2.75) is 43.4 Å². The molecule has 1 spiro atoms. The van der Waals surface area contributed by atoms with Crippen LogP contribution in [-0.4, -0.2) is 74.9 Å². The van der Waals surface area contributed by atoms with Crippen molar-refractivity contribution in [3.63, 3.8) is 0 Å². The number of rotatable bonds is 3. The van der Waals surface area contributed by atoms with Crippen LogP contribution in [0, 0.1) is 0 Å². The number of aliphatic hydroxyl groups is 1. The van der Waals surface area contributed by atoms with Gasteiger partial charge in [-0.25, -0.2) is 4.98 Å².